The van der Waals surface area contributed by atoms with Gasteiger partial charge < -0.3 is 25.0 Å². The van der Waals surface area contributed by atoms with E-state index in [-0.39, 0.29) is 25.5 Å². The summed E-state index contributed by atoms with van der Waals surface area (Å²) in [7, 11) is 0. The Morgan fingerprint density at radius 3 is 2.32 bits per heavy atom. The number of alkyl carbamates (subject to hydrolysis) is 1. The van der Waals surface area contributed by atoms with Gasteiger partial charge in [0.2, 0.25) is 11.8 Å². The minimum Gasteiger partial charge on any atom is -0.466 e. The van der Waals surface area contributed by atoms with E-state index >= 15 is 0 Å². The lowest BCUT2D eigenvalue weighted by Crippen LogP contribution is -2.55. The second-order valence-electron chi connectivity index (χ2n) is 10.1. The lowest BCUT2D eigenvalue weighted by molar-refractivity contribution is -0.144. The molecule has 10 nitrogen and oxygen atoms in total. The van der Waals surface area contributed by atoms with E-state index in [1.165, 1.54) is 0 Å². The van der Waals surface area contributed by atoms with E-state index in [0.717, 1.165) is 16.0 Å². The minimum atomic E-state index is -1.17. The van der Waals surface area contributed by atoms with Crippen molar-refractivity contribution in [3.8, 4) is 6.07 Å². The van der Waals surface area contributed by atoms with Gasteiger partial charge >= 0.3 is 12.1 Å². The van der Waals surface area contributed by atoms with Crippen LogP contribution in [0.15, 0.2) is 18.2 Å². The molecule has 2 N–H and O–H groups in total. The monoisotopic (exact) mass is 516 g/mol. The third-order valence-electron chi connectivity index (χ3n) is 5.35. The number of nitriles is 1. The molecule has 1 aromatic rings. The molecule has 204 valence electrons. The van der Waals surface area contributed by atoms with Gasteiger partial charge in [-0.25, -0.2) is 4.79 Å². The molecule has 0 aromatic heterocycles. The average Bonchev–Trinajstić information content (AvgIpc) is 2.77. The summed E-state index contributed by atoms with van der Waals surface area (Å²) in [5, 5.41) is 14.9. The number of benzene rings is 1. The summed E-state index contributed by atoms with van der Waals surface area (Å²) in [6, 6.07) is 5.25. The Morgan fingerprint density at radius 2 is 1.78 bits per heavy atom. The molecule has 0 saturated carbocycles. The zero-order valence-electron chi connectivity index (χ0n) is 23.1. The van der Waals surface area contributed by atoms with Gasteiger partial charge in [0.15, 0.2) is 0 Å². The van der Waals surface area contributed by atoms with Crippen molar-refractivity contribution in [2.75, 3.05) is 19.7 Å². The van der Waals surface area contributed by atoms with Gasteiger partial charge in [0, 0.05) is 6.54 Å². The van der Waals surface area contributed by atoms with Crippen LogP contribution in [0.3, 0.4) is 0 Å². The van der Waals surface area contributed by atoms with Crippen molar-refractivity contribution in [1.82, 2.24) is 15.5 Å². The molecule has 0 aliphatic heterocycles. The van der Waals surface area contributed by atoms with Crippen LogP contribution in [0.25, 0.3) is 0 Å². The SMILES string of the molecule is CCOC(=O)CCNC(=O)C(c1cc(C)ccc1C)N(CC#N)C(=O)C(NC(=O)OC(C)(C)C)C(C)C. The van der Waals surface area contributed by atoms with Crippen LogP contribution < -0.4 is 10.6 Å². The van der Waals surface area contributed by atoms with Crippen molar-refractivity contribution >= 4 is 23.9 Å². The van der Waals surface area contributed by atoms with Crippen molar-refractivity contribution in [2.45, 2.75) is 79.5 Å². The van der Waals surface area contributed by atoms with E-state index in [0.29, 0.717) is 5.56 Å². The van der Waals surface area contributed by atoms with Gasteiger partial charge in [0.25, 0.3) is 0 Å². The fraction of sp³-hybridized carbons (Fsp3) is 0.593. The third kappa shape index (κ3) is 10.1. The Hall–Kier alpha value is -3.61. The molecule has 1 aromatic carbocycles. The molecule has 0 aliphatic carbocycles. The molecule has 0 spiro atoms. The Labute approximate surface area is 219 Å². The number of aryl methyl sites for hydroxylation is 2. The molecule has 0 fully saturated rings. The number of amides is 3. The first-order valence-electron chi connectivity index (χ1n) is 12.4. The highest BCUT2D eigenvalue weighted by molar-refractivity contribution is 5.92. The predicted octanol–water partition coefficient (Wildman–Crippen LogP) is 3.32. The minimum absolute atomic E-state index is 0.00260. The standard InChI is InChI=1S/C27H40N4O6/c1-9-36-21(32)12-14-29-24(33)23(20-16-18(4)10-11-19(20)5)31(15-13-28)25(34)22(17(2)3)30-26(35)37-27(6,7)8/h10-11,16-17,22-23H,9,12,14-15H2,1-8H3,(H,29,33)(H,30,35). The molecule has 0 heterocycles. The van der Waals surface area contributed by atoms with Gasteiger partial charge in [-0.05, 0) is 58.6 Å². The van der Waals surface area contributed by atoms with Crippen LogP contribution in [-0.4, -0.2) is 60.1 Å². The predicted molar refractivity (Wildman–Crippen MR) is 138 cm³/mol. The van der Waals surface area contributed by atoms with Crippen molar-refractivity contribution in [3.63, 3.8) is 0 Å². The molecule has 37 heavy (non-hydrogen) atoms. The summed E-state index contributed by atoms with van der Waals surface area (Å²) in [5.74, 6) is -1.99. The van der Waals surface area contributed by atoms with E-state index in [1.54, 1.807) is 47.6 Å². The highest BCUT2D eigenvalue weighted by Gasteiger charge is 2.38. The van der Waals surface area contributed by atoms with Gasteiger partial charge in [-0.3, -0.25) is 14.4 Å². The second-order valence-corrected chi connectivity index (χ2v) is 10.1. The van der Waals surface area contributed by atoms with Crippen LogP contribution in [0.1, 0.15) is 70.7 Å². The first-order valence-corrected chi connectivity index (χ1v) is 12.4. The van der Waals surface area contributed by atoms with E-state index in [4.69, 9.17) is 9.47 Å². The van der Waals surface area contributed by atoms with Crippen LogP contribution in [0.2, 0.25) is 0 Å². The zero-order valence-corrected chi connectivity index (χ0v) is 23.1. The Bertz CT molecular complexity index is 1010. The fourth-order valence-electron chi connectivity index (χ4n) is 3.62. The highest BCUT2D eigenvalue weighted by Crippen LogP contribution is 2.27. The maximum atomic E-state index is 13.8. The fourth-order valence-corrected chi connectivity index (χ4v) is 3.62. The number of rotatable bonds is 11. The topological polar surface area (TPSA) is 138 Å². The number of esters is 1. The normalized spacial score (nSPS) is 12.6. The molecule has 10 heteroatoms. The molecular weight excluding hydrogens is 476 g/mol. The maximum absolute atomic E-state index is 13.8. The molecule has 3 amide bonds. The molecule has 0 aliphatic rings. The first-order chi connectivity index (χ1) is 17.2. The molecule has 0 saturated heterocycles. The zero-order chi connectivity index (χ0) is 28.3. The average molecular weight is 517 g/mol. The van der Waals surface area contributed by atoms with Crippen molar-refractivity contribution in [2.24, 2.45) is 5.92 Å². The van der Waals surface area contributed by atoms with Gasteiger partial charge in [0.1, 0.15) is 24.2 Å². The van der Waals surface area contributed by atoms with Crippen LogP contribution in [0.4, 0.5) is 4.79 Å². The third-order valence-corrected chi connectivity index (χ3v) is 5.35. The number of hydrogen-bond acceptors (Lipinski definition) is 7. The lowest BCUT2D eigenvalue weighted by Gasteiger charge is -2.34. The van der Waals surface area contributed by atoms with Gasteiger partial charge in [-0.15, -0.1) is 0 Å². The molecule has 2 unspecified atom stereocenters. The maximum Gasteiger partial charge on any atom is 0.408 e. The highest BCUT2D eigenvalue weighted by atomic mass is 16.6. The molecule has 0 radical (unpaired) electrons. The summed E-state index contributed by atoms with van der Waals surface area (Å²) in [6.07, 6.45) is -0.821. The summed E-state index contributed by atoms with van der Waals surface area (Å²) >= 11 is 0. The Kier molecular flexibility index (Phi) is 12.1. The molecule has 0 bridgehead atoms. The van der Waals surface area contributed by atoms with Crippen molar-refractivity contribution in [3.05, 3.63) is 34.9 Å². The quantitative estimate of drug-likeness (QED) is 0.340. The summed E-state index contributed by atoms with van der Waals surface area (Å²) in [4.78, 5) is 52.7. The smallest absolute Gasteiger partial charge is 0.408 e. The van der Waals surface area contributed by atoms with Gasteiger partial charge in [-0.1, -0.05) is 37.6 Å². The van der Waals surface area contributed by atoms with E-state index in [1.807, 2.05) is 32.0 Å². The van der Waals surface area contributed by atoms with E-state index in [2.05, 4.69) is 10.6 Å². The van der Waals surface area contributed by atoms with Crippen LogP contribution in [-0.2, 0) is 23.9 Å². The summed E-state index contributed by atoms with van der Waals surface area (Å²) < 4.78 is 10.2. The number of carbonyl (C=O) groups is 4. The summed E-state index contributed by atoms with van der Waals surface area (Å²) in [6.45, 7) is 13.8. The Balaban J connectivity index is 3.42. The van der Waals surface area contributed by atoms with Crippen LogP contribution in [0.5, 0.6) is 0 Å². The van der Waals surface area contributed by atoms with Gasteiger partial charge in [0.05, 0.1) is 19.1 Å². The number of carbonyl (C=O) groups excluding carboxylic acids is 4. The number of hydrogen-bond donors (Lipinski definition) is 2. The van der Waals surface area contributed by atoms with Gasteiger partial charge in [-0.2, -0.15) is 5.26 Å². The largest absolute Gasteiger partial charge is 0.466 e. The van der Waals surface area contributed by atoms with E-state index in [9.17, 15) is 24.4 Å². The van der Waals surface area contributed by atoms with Crippen LogP contribution in [0, 0.1) is 31.1 Å². The second kappa shape index (κ2) is 14.2. The molecular formula is C27H40N4O6. The Morgan fingerprint density at radius 1 is 1.14 bits per heavy atom. The lowest BCUT2D eigenvalue weighted by atomic mass is 9.95. The molecule has 2 atom stereocenters. The number of nitrogens with zero attached hydrogens (tertiary/aromatic N) is 2. The van der Waals surface area contributed by atoms with E-state index < -0.39 is 48.1 Å². The van der Waals surface area contributed by atoms with Crippen molar-refractivity contribution in [1.29, 1.82) is 5.26 Å². The number of nitrogens with one attached hydrogen (secondary N) is 2. The van der Waals surface area contributed by atoms with Crippen LogP contribution >= 0.6 is 0 Å². The molecule has 1 rings (SSSR count). The van der Waals surface area contributed by atoms with Crippen molar-refractivity contribution < 1.29 is 28.7 Å². The number of ether oxygens (including phenoxy) is 2. The summed E-state index contributed by atoms with van der Waals surface area (Å²) in [5.41, 5.74) is 1.37. The first kappa shape index (κ1) is 31.4.